The third-order valence-electron chi connectivity index (χ3n) is 5.86. The van der Waals surface area contributed by atoms with Gasteiger partial charge in [0.2, 0.25) is 15.9 Å². The molecule has 0 bridgehead atoms. The summed E-state index contributed by atoms with van der Waals surface area (Å²) in [7, 11) is -3.75. The highest BCUT2D eigenvalue weighted by Gasteiger charge is 2.32. The molecule has 4 rings (SSSR count). The van der Waals surface area contributed by atoms with Gasteiger partial charge in [0, 0.05) is 32.2 Å². The van der Waals surface area contributed by atoms with Crippen molar-refractivity contribution in [2.45, 2.75) is 30.7 Å². The van der Waals surface area contributed by atoms with Gasteiger partial charge in [-0.3, -0.25) is 9.69 Å². The number of aromatic nitrogens is 2. The number of nitrogens with one attached hydrogen (secondary N) is 1. The summed E-state index contributed by atoms with van der Waals surface area (Å²) >= 11 is 12.1. The molecule has 1 saturated heterocycles. The molecule has 0 radical (unpaired) electrons. The van der Waals surface area contributed by atoms with Crippen LogP contribution in [-0.2, 0) is 14.8 Å². The highest BCUT2D eigenvalue weighted by atomic mass is 35.5. The number of hydrogen-bond acceptors (Lipinski definition) is 5. The van der Waals surface area contributed by atoms with E-state index < -0.39 is 10.0 Å². The zero-order chi connectivity index (χ0) is 22.2. The molecule has 1 atom stereocenters. The van der Waals surface area contributed by atoms with E-state index in [-0.39, 0.29) is 46.5 Å². The van der Waals surface area contributed by atoms with E-state index in [1.165, 1.54) is 23.2 Å². The Bertz CT molecular complexity index is 1060. The minimum absolute atomic E-state index is 0.00547. The lowest BCUT2D eigenvalue weighted by molar-refractivity contribution is -0.117. The Morgan fingerprint density at radius 2 is 1.90 bits per heavy atom. The van der Waals surface area contributed by atoms with Crippen molar-refractivity contribution in [1.29, 1.82) is 0 Å². The largest absolute Gasteiger partial charge is 0.310 e. The van der Waals surface area contributed by atoms with Crippen LogP contribution in [0.5, 0.6) is 0 Å². The quantitative estimate of drug-likeness (QED) is 0.650. The van der Waals surface area contributed by atoms with Crippen molar-refractivity contribution in [3.63, 3.8) is 0 Å². The number of sulfonamides is 1. The Hall–Kier alpha value is -1.65. The number of hydrogen-bond donors (Lipinski definition) is 1. The highest BCUT2D eigenvalue weighted by Crippen LogP contribution is 2.40. The molecule has 0 spiro atoms. The molecular weight excluding hydrogens is 461 g/mol. The summed E-state index contributed by atoms with van der Waals surface area (Å²) in [5, 5.41) is 7.52. The summed E-state index contributed by atoms with van der Waals surface area (Å²) in [5.41, 5.74) is 0. The standard InChI is InChI=1S/C20H25Cl2N5O3S/c1-14(15-5-6-15)27-18(7-8-23-27)24-19(28)13-25-9-11-26(12-10-25)31(29,30)17-4-2-3-16(21)20(17)22/h2-4,7-8,14-15H,5-6,9-13H2,1H3,(H,24,28). The molecular formula is C20H25Cl2N5O3S. The van der Waals surface area contributed by atoms with Crippen LogP contribution in [0.1, 0.15) is 25.8 Å². The molecule has 2 aromatic rings. The average Bonchev–Trinajstić information content (AvgIpc) is 3.49. The number of piperazine rings is 1. The van der Waals surface area contributed by atoms with Crippen molar-refractivity contribution in [3.8, 4) is 0 Å². The molecule has 2 heterocycles. The summed E-state index contributed by atoms with van der Waals surface area (Å²) in [6.45, 7) is 3.75. The van der Waals surface area contributed by atoms with Crippen LogP contribution >= 0.6 is 23.2 Å². The second-order valence-electron chi connectivity index (χ2n) is 8.02. The van der Waals surface area contributed by atoms with Gasteiger partial charge in [-0.05, 0) is 37.8 Å². The lowest BCUT2D eigenvalue weighted by Gasteiger charge is -2.33. The number of halogens is 2. The van der Waals surface area contributed by atoms with Crippen LogP contribution in [0.15, 0.2) is 35.4 Å². The first-order valence-electron chi connectivity index (χ1n) is 10.3. The molecule has 31 heavy (non-hydrogen) atoms. The van der Waals surface area contributed by atoms with E-state index >= 15 is 0 Å². The van der Waals surface area contributed by atoms with Crippen molar-refractivity contribution >= 4 is 45.0 Å². The van der Waals surface area contributed by atoms with E-state index in [0.29, 0.717) is 24.8 Å². The fraction of sp³-hybridized carbons (Fsp3) is 0.500. The molecule has 1 unspecified atom stereocenters. The summed E-state index contributed by atoms with van der Waals surface area (Å²) in [5.74, 6) is 1.18. The summed E-state index contributed by atoms with van der Waals surface area (Å²) in [6.07, 6.45) is 4.09. The normalized spacial score (nSPS) is 19.3. The minimum Gasteiger partial charge on any atom is -0.310 e. The van der Waals surface area contributed by atoms with Gasteiger partial charge in [-0.25, -0.2) is 13.1 Å². The van der Waals surface area contributed by atoms with Gasteiger partial charge in [0.25, 0.3) is 0 Å². The van der Waals surface area contributed by atoms with Gasteiger partial charge in [0.1, 0.15) is 10.7 Å². The second kappa shape index (κ2) is 9.07. The van der Waals surface area contributed by atoms with E-state index in [2.05, 4.69) is 17.3 Å². The molecule has 2 aliphatic rings. The topological polar surface area (TPSA) is 87.5 Å². The summed E-state index contributed by atoms with van der Waals surface area (Å²) in [4.78, 5) is 14.5. The number of carbonyl (C=O) groups excluding carboxylic acids is 1. The monoisotopic (exact) mass is 485 g/mol. The molecule has 1 aromatic heterocycles. The minimum atomic E-state index is -3.75. The number of amides is 1. The average molecular weight is 486 g/mol. The Balaban J connectivity index is 1.33. The predicted molar refractivity (Wildman–Crippen MR) is 120 cm³/mol. The van der Waals surface area contributed by atoms with Crippen molar-refractivity contribution in [1.82, 2.24) is 19.0 Å². The number of carbonyl (C=O) groups is 1. The zero-order valence-corrected chi connectivity index (χ0v) is 19.5. The maximum absolute atomic E-state index is 12.9. The molecule has 1 aromatic carbocycles. The third kappa shape index (κ3) is 4.90. The van der Waals surface area contributed by atoms with Gasteiger partial charge in [-0.2, -0.15) is 9.40 Å². The molecule has 1 N–H and O–H groups in total. The van der Waals surface area contributed by atoms with Crippen LogP contribution < -0.4 is 5.32 Å². The summed E-state index contributed by atoms with van der Waals surface area (Å²) < 4.78 is 29.1. The second-order valence-corrected chi connectivity index (χ2v) is 10.7. The maximum atomic E-state index is 12.9. The van der Waals surface area contributed by atoms with Gasteiger partial charge < -0.3 is 5.32 Å². The molecule has 1 amide bonds. The molecule has 2 fully saturated rings. The van der Waals surface area contributed by atoms with Crippen LogP contribution in [0.3, 0.4) is 0 Å². The van der Waals surface area contributed by atoms with E-state index in [9.17, 15) is 13.2 Å². The van der Waals surface area contributed by atoms with Crippen molar-refractivity contribution in [3.05, 3.63) is 40.5 Å². The lowest BCUT2D eigenvalue weighted by atomic mass is 10.2. The molecule has 168 valence electrons. The fourth-order valence-electron chi connectivity index (χ4n) is 3.85. The van der Waals surface area contributed by atoms with E-state index in [0.717, 1.165) is 0 Å². The smallest absolute Gasteiger partial charge is 0.244 e. The van der Waals surface area contributed by atoms with E-state index in [4.69, 9.17) is 23.2 Å². The maximum Gasteiger partial charge on any atom is 0.244 e. The first kappa shape index (κ1) is 22.5. The first-order chi connectivity index (χ1) is 14.8. The molecule has 1 aliphatic heterocycles. The number of rotatable bonds is 7. The van der Waals surface area contributed by atoms with Crippen LogP contribution in [-0.4, -0.2) is 66.0 Å². The Morgan fingerprint density at radius 3 is 2.58 bits per heavy atom. The van der Waals surface area contributed by atoms with E-state index in [1.54, 1.807) is 24.4 Å². The lowest BCUT2D eigenvalue weighted by Crippen LogP contribution is -2.50. The van der Waals surface area contributed by atoms with Crippen molar-refractivity contribution in [2.75, 3.05) is 38.0 Å². The Morgan fingerprint density at radius 1 is 1.19 bits per heavy atom. The molecule has 11 heteroatoms. The summed E-state index contributed by atoms with van der Waals surface area (Å²) in [6, 6.07) is 6.63. The predicted octanol–water partition coefficient (Wildman–Crippen LogP) is 3.11. The number of benzene rings is 1. The molecule has 1 saturated carbocycles. The molecule has 8 nitrogen and oxygen atoms in total. The van der Waals surface area contributed by atoms with Gasteiger partial charge in [-0.15, -0.1) is 0 Å². The van der Waals surface area contributed by atoms with Crippen LogP contribution in [0, 0.1) is 5.92 Å². The first-order valence-corrected chi connectivity index (χ1v) is 12.5. The van der Waals surface area contributed by atoms with E-state index in [1.807, 2.05) is 9.58 Å². The fourth-order valence-corrected chi connectivity index (χ4v) is 6.01. The zero-order valence-electron chi connectivity index (χ0n) is 17.2. The Kier molecular flexibility index (Phi) is 6.60. The number of anilines is 1. The number of nitrogens with zero attached hydrogens (tertiary/aromatic N) is 4. The SMILES string of the molecule is CC(C1CC1)n1nccc1NC(=O)CN1CCN(S(=O)(=O)c2cccc(Cl)c2Cl)CC1. The molecule has 1 aliphatic carbocycles. The van der Waals surface area contributed by atoms with Crippen LogP contribution in [0.4, 0.5) is 5.82 Å². The highest BCUT2D eigenvalue weighted by molar-refractivity contribution is 7.89. The third-order valence-corrected chi connectivity index (χ3v) is 8.73. The van der Waals surface area contributed by atoms with Gasteiger partial charge in [0.15, 0.2) is 0 Å². The van der Waals surface area contributed by atoms with Crippen molar-refractivity contribution in [2.24, 2.45) is 5.92 Å². The van der Waals surface area contributed by atoms with Crippen LogP contribution in [0.25, 0.3) is 0 Å². The van der Waals surface area contributed by atoms with Gasteiger partial charge in [-0.1, -0.05) is 29.3 Å². The van der Waals surface area contributed by atoms with Crippen molar-refractivity contribution < 1.29 is 13.2 Å². The van der Waals surface area contributed by atoms with Crippen LogP contribution in [0.2, 0.25) is 10.0 Å². The Labute approximate surface area is 192 Å². The van der Waals surface area contributed by atoms with Gasteiger partial charge >= 0.3 is 0 Å². The van der Waals surface area contributed by atoms with Gasteiger partial charge in [0.05, 0.1) is 28.8 Å².